The van der Waals surface area contributed by atoms with Crippen LogP contribution < -0.4 is 16.4 Å². The molecule has 1 aromatic carbocycles. The number of guanidine groups is 1. The van der Waals surface area contributed by atoms with Crippen molar-refractivity contribution in [2.75, 3.05) is 31.6 Å². The van der Waals surface area contributed by atoms with Gasteiger partial charge in [0.2, 0.25) is 0 Å². The molecule has 0 spiro atoms. The monoisotopic (exact) mass is 356 g/mol. The zero-order valence-electron chi connectivity index (χ0n) is 14.2. The molecule has 134 valence electrons. The molecule has 1 aromatic rings. The molecule has 5 nitrogen and oxygen atoms in total. The average Bonchev–Trinajstić information content (AvgIpc) is 3.07. The Kier molecular flexibility index (Phi) is 6.83. The first kappa shape index (κ1) is 19.0. The molecule has 0 aromatic heterocycles. The Morgan fingerprint density at radius 3 is 2.92 bits per heavy atom. The highest BCUT2D eigenvalue weighted by molar-refractivity contribution is 6.31. The van der Waals surface area contributed by atoms with Gasteiger partial charge in [-0.05, 0) is 43.0 Å². The van der Waals surface area contributed by atoms with Gasteiger partial charge in [-0.2, -0.15) is 0 Å². The van der Waals surface area contributed by atoms with Gasteiger partial charge in [-0.25, -0.2) is 4.39 Å². The molecule has 0 amide bonds. The molecular weight excluding hydrogens is 331 g/mol. The Hall–Kier alpha value is -1.37. The van der Waals surface area contributed by atoms with Gasteiger partial charge in [0.1, 0.15) is 5.82 Å². The fourth-order valence-electron chi connectivity index (χ4n) is 2.22. The summed E-state index contributed by atoms with van der Waals surface area (Å²) in [7, 11) is 0. The number of benzene rings is 1. The van der Waals surface area contributed by atoms with Crippen molar-refractivity contribution >= 4 is 23.2 Å². The maximum atomic E-state index is 13.3. The molecule has 7 heteroatoms. The van der Waals surface area contributed by atoms with Crippen LogP contribution in [0.1, 0.15) is 26.7 Å². The summed E-state index contributed by atoms with van der Waals surface area (Å²) in [6.07, 6.45) is 2.31. The molecule has 0 saturated carbocycles. The quantitative estimate of drug-likeness (QED) is 0.541. The van der Waals surface area contributed by atoms with E-state index in [4.69, 9.17) is 22.1 Å². The number of nitrogens with two attached hydrogens (primary N) is 1. The normalized spacial score (nSPS) is 18.7. The summed E-state index contributed by atoms with van der Waals surface area (Å²) in [6, 6.07) is 4.49. The number of rotatable bonds is 6. The fraction of sp³-hybridized carbons (Fsp3) is 0.588. The second kappa shape index (κ2) is 8.65. The lowest BCUT2D eigenvalue weighted by Crippen LogP contribution is -2.38. The summed E-state index contributed by atoms with van der Waals surface area (Å²) in [5.74, 6) is 0.159. The number of halogens is 2. The molecule has 1 aliphatic rings. The fourth-order valence-corrected chi connectivity index (χ4v) is 2.40. The van der Waals surface area contributed by atoms with Crippen molar-refractivity contribution < 1.29 is 9.13 Å². The standard InChI is InChI=1S/C17H26ClFN4O/c1-17(2,10-20)11-22-16(21-9-13-4-3-7-24-13)23-12-5-6-15(19)14(18)8-12/h5-6,8,13H,3-4,7,9-11,20H2,1-2H3,(H2,21,22,23). The van der Waals surface area contributed by atoms with Crippen molar-refractivity contribution in [3.63, 3.8) is 0 Å². The minimum atomic E-state index is -0.447. The first-order chi connectivity index (χ1) is 11.4. The number of nitrogens with zero attached hydrogens (tertiary/aromatic N) is 1. The van der Waals surface area contributed by atoms with Crippen LogP contribution in [0, 0.1) is 11.2 Å². The van der Waals surface area contributed by atoms with E-state index in [9.17, 15) is 4.39 Å². The Labute approximate surface area is 147 Å². The van der Waals surface area contributed by atoms with E-state index in [1.165, 1.54) is 12.1 Å². The Balaban J connectivity index is 2.05. The highest BCUT2D eigenvalue weighted by Crippen LogP contribution is 2.20. The minimum absolute atomic E-state index is 0.0702. The van der Waals surface area contributed by atoms with Crippen molar-refractivity contribution in [2.45, 2.75) is 32.8 Å². The van der Waals surface area contributed by atoms with Crippen molar-refractivity contribution in [1.29, 1.82) is 0 Å². The second-order valence-corrected chi connectivity index (χ2v) is 7.21. The Morgan fingerprint density at radius 1 is 1.50 bits per heavy atom. The van der Waals surface area contributed by atoms with E-state index in [1.54, 1.807) is 6.07 Å². The van der Waals surface area contributed by atoms with Crippen LogP contribution in [0.3, 0.4) is 0 Å². The third-order valence-corrected chi connectivity index (χ3v) is 4.21. The van der Waals surface area contributed by atoms with Gasteiger partial charge >= 0.3 is 0 Å². The number of nitrogens with one attached hydrogen (secondary N) is 2. The number of anilines is 1. The van der Waals surface area contributed by atoms with E-state index in [0.29, 0.717) is 31.3 Å². The van der Waals surface area contributed by atoms with E-state index >= 15 is 0 Å². The lowest BCUT2D eigenvalue weighted by atomic mass is 9.94. The van der Waals surface area contributed by atoms with Crippen LogP contribution in [-0.2, 0) is 4.74 Å². The SMILES string of the molecule is CC(C)(CN)CN=C(NCC1CCCO1)Nc1ccc(F)c(Cl)c1. The summed E-state index contributed by atoms with van der Waals surface area (Å²) < 4.78 is 18.9. The molecule has 0 aliphatic carbocycles. The average molecular weight is 357 g/mol. The maximum Gasteiger partial charge on any atom is 0.195 e. The molecule has 1 atom stereocenters. The van der Waals surface area contributed by atoms with Crippen LogP contribution >= 0.6 is 11.6 Å². The van der Waals surface area contributed by atoms with Crippen LogP contribution in [0.25, 0.3) is 0 Å². The van der Waals surface area contributed by atoms with Crippen LogP contribution in [-0.4, -0.2) is 38.3 Å². The molecule has 1 unspecified atom stereocenters. The van der Waals surface area contributed by atoms with Crippen LogP contribution in [0.5, 0.6) is 0 Å². The molecule has 1 fully saturated rings. The van der Waals surface area contributed by atoms with E-state index in [2.05, 4.69) is 29.5 Å². The van der Waals surface area contributed by atoms with Gasteiger partial charge in [0.15, 0.2) is 5.96 Å². The maximum absolute atomic E-state index is 13.3. The van der Waals surface area contributed by atoms with Gasteiger partial charge in [0, 0.05) is 25.4 Å². The summed E-state index contributed by atoms with van der Waals surface area (Å²) in [5.41, 5.74) is 6.34. The van der Waals surface area contributed by atoms with E-state index in [1.807, 2.05) is 0 Å². The predicted molar refractivity (Wildman–Crippen MR) is 97.1 cm³/mol. The lowest BCUT2D eigenvalue weighted by Gasteiger charge is -2.21. The predicted octanol–water partition coefficient (Wildman–Crippen LogP) is 3.00. The van der Waals surface area contributed by atoms with Gasteiger partial charge in [-0.15, -0.1) is 0 Å². The van der Waals surface area contributed by atoms with E-state index in [0.717, 1.165) is 19.4 Å². The molecule has 1 saturated heterocycles. The summed E-state index contributed by atoms with van der Waals surface area (Å²) in [6.45, 7) is 6.70. The highest BCUT2D eigenvalue weighted by Gasteiger charge is 2.18. The number of ether oxygens (including phenoxy) is 1. The lowest BCUT2D eigenvalue weighted by molar-refractivity contribution is 0.114. The topological polar surface area (TPSA) is 71.7 Å². The minimum Gasteiger partial charge on any atom is -0.376 e. The van der Waals surface area contributed by atoms with Gasteiger partial charge in [-0.3, -0.25) is 4.99 Å². The van der Waals surface area contributed by atoms with Crippen LogP contribution in [0.2, 0.25) is 5.02 Å². The Morgan fingerprint density at radius 2 is 2.29 bits per heavy atom. The molecule has 0 bridgehead atoms. The first-order valence-corrected chi connectivity index (χ1v) is 8.59. The summed E-state index contributed by atoms with van der Waals surface area (Å²) >= 11 is 5.84. The largest absolute Gasteiger partial charge is 0.376 e. The zero-order valence-corrected chi connectivity index (χ0v) is 15.0. The molecule has 24 heavy (non-hydrogen) atoms. The van der Waals surface area contributed by atoms with Gasteiger partial charge in [-0.1, -0.05) is 25.4 Å². The molecule has 1 heterocycles. The number of hydrogen-bond donors (Lipinski definition) is 3. The van der Waals surface area contributed by atoms with Gasteiger partial charge in [0.25, 0.3) is 0 Å². The molecular formula is C17H26ClFN4O. The first-order valence-electron chi connectivity index (χ1n) is 8.22. The van der Waals surface area contributed by atoms with E-state index < -0.39 is 5.82 Å². The summed E-state index contributed by atoms with van der Waals surface area (Å²) in [5, 5.41) is 6.51. The van der Waals surface area contributed by atoms with Crippen molar-refractivity contribution in [3.8, 4) is 0 Å². The number of hydrogen-bond acceptors (Lipinski definition) is 3. The van der Waals surface area contributed by atoms with Gasteiger partial charge < -0.3 is 21.1 Å². The highest BCUT2D eigenvalue weighted by atomic mass is 35.5. The smallest absolute Gasteiger partial charge is 0.195 e. The molecule has 2 rings (SSSR count). The van der Waals surface area contributed by atoms with E-state index in [-0.39, 0.29) is 16.5 Å². The second-order valence-electron chi connectivity index (χ2n) is 6.80. The molecule has 1 aliphatic heterocycles. The Bertz CT molecular complexity index is 574. The molecule has 0 radical (unpaired) electrons. The van der Waals surface area contributed by atoms with Crippen LogP contribution in [0.4, 0.5) is 10.1 Å². The van der Waals surface area contributed by atoms with Crippen molar-refractivity contribution in [1.82, 2.24) is 5.32 Å². The van der Waals surface area contributed by atoms with Crippen LogP contribution in [0.15, 0.2) is 23.2 Å². The van der Waals surface area contributed by atoms with Gasteiger partial charge in [0.05, 0.1) is 11.1 Å². The number of aliphatic imine (C=N–C) groups is 1. The van der Waals surface area contributed by atoms with Crippen molar-refractivity contribution in [2.24, 2.45) is 16.1 Å². The third-order valence-electron chi connectivity index (χ3n) is 3.92. The zero-order chi connectivity index (χ0) is 17.6. The molecule has 4 N–H and O–H groups in total. The third kappa shape index (κ3) is 5.92. The summed E-state index contributed by atoms with van der Waals surface area (Å²) in [4.78, 5) is 4.60. The van der Waals surface area contributed by atoms with Crippen molar-refractivity contribution in [3.05, 3.63) is 29.0 Å².